The van der Waals surface area contributed by atoms with Crippen LogP contribution >= 0.6 is 0 Å². The molecule has 0 bridgehead atoms. The Morgan fingerprint density at radius 2 is 0.804 bits per heavy atom. The quantitative estimate of drug-likeness (QED) is 0.111. The predicted octanol–water partition coefficient (Wildman–Crippen LogP) is 6.43. The Balaban J connectivity index is 2.32. The summed E-state index contributed by atoms with van der Waals surface area (Å²) in [5.41, 5.74) is -9.15. The summed E-state index contributed by atoms with van der Waals surface area (Å²) >= 11 is 0. The van der Waals surface area contributed by atoms with Crippen LogP contribution in [0.3, 0.4) is 0 Å². The molecule has 0 radical (unpaired) electrons. The molecule has 0 unspecified atom stereocenters. The van der Waals surface area contributed by atoms with Crippen LogP contribution in [0.15, 0.2) is 16.7 Å². The number of nitriles is 3. The second kappa shape index (κ2) is 11.3. The molecule has 3 aromatic carbocycles. The second-order valence-electron chi connectivity index (χ2n) is 8.82. The molecule has 1 saturated carbocycles. The lowest BCUT2D eigenvalue weighted by Crippen LogP contribution is -2.10. The van der Waals surface area contributed by atoms with Gasteiger partial charge < -0.3 is 11.5 Å². The van der Waals surface area contributed by atoms with Crippen molar-refractivity contribution < 1.29 is 52.7 Å². The predicted molar refractivity (Wildman–Crippen MR) is 132 cm³/mol. The largest absolute Gasteiger partial charge is 0.398 e. The molecule has 0 saturated heterocycles. The Morgan fingerprint density at radius 3 is 1.13 bits per heavy atom. The first kappa shape index (κ1) is 32.6. The molecule has 4 N–H and O–H groups in total. The van der Waals surface area contributed by atoms with Gasteiger partial charge in [0.2, 0.25) is 0 Å². The fraction of sp³-hybridized carbons (Fsp3) is 0. The van der Waals surface area contributed by atoms with E-state index in [2.05, 4.69) is 0 Å². The zero-order chi connectivity index (χ0) is 34.7. The van der Waals surface area contributed by atoms with Gasteiger partial charge in [-0.2, -0.15) is 15.8 Å². The molecule has 1 aliphatic carbocycles. The highest BCUT2D eigenvalue weighted by Crippen LogP contribution is 2.56. The minimum Gasteiger partial charge on any atom is -0.398 e. The van der Waals surface area contributed by atoms with Crippen molar-refractivity contribution in [3.05, 3.63) is 114 Å². The van der Waals surface area contributed by atoms with Crippen molar-refractivity contribution in [3.63, 3.8) is 0 Å². The molecule has 1 fully saturated rings. The van der Waals surface area contributed by atoms with Gasteiger partial charge in [0.15, 0.2) is 69.8 Å². The van der Waals surface area contributed by atoms with Crippen LogP contribution in [0, 0.1) is 116 Å². The van der Waals surface area contributed by atoms with E-state index in [1.807, 2.05) is 0 Å². The number of nitrogens with two attached hydrogens (primary N) is 2. The number of rotatable bonds is 3. The van der Waals surface area contributed by atoms with Crippen molar-refractivity contribution in [1.29, 1.82) is 15.8 Å². The van der Waals surface area contributed by atoms with Crippen molar-refractivity contribution >= 4 is 22.5 Å². The number of anilines is 1. The summed E-state index contributed by atoms with van der Waals surface area (Å²) in [7, 11) is 0. The third-order valence-electron chi connectivity index (χ3n) is 6.53. The van der Waals surface area contributed by atoms with Crippen molar-refractivity contribution in [2.45, 2.75) is 0 Å². The van der Waals surface area contributed by atoms with Gasteiger partial charge in [0.25, 0.3) is 0 Å². The first-order valence-electron chi connectivity index (χ1n) is 11.6. The average molecular weight is 651 g/mol. The van der Waals surface area contributed by atoms with Crippen LogP contribution in [0.25, 0.3) is 16.8 Å². The Labute approximate surface area is 247 Å². The highest BCUT2D eigenvalue weighted by atomic mass is 19.2. The molecule has 0 atom stereocenters. The summed E-state index contributed by atoms with van der Waals surface area (Å²) < 4.78 is 176. The third-order valence-corrected chi connectivity index (χ3v) is 6.53. The molecule has 5 nitrogen and oxygen atoms in total. The summed E-state index contributed by atoms with van der Waals surface area (Å²) in [6, 6.07) is 2.84. The fourth-order valence-corrected chi connectivity index (χ4v) is 4.37. The van der Waals surface area contributed by atoms with E-state index < -0.39 is 137 Å². The SMILES string of the molecule is C#Cc1c(F)c(F)c(/C(N)=C2\C(=C(C#N)c3c(F)c(F)c(C#N)c(F)c3F)\C2=C(/C#N)c2c(F)c(F)c(N)c(F)c2F)c(F)c1F. The average Bonchev–Trinajstić information content (AvgIpc) is 3.76. The van der Waals surface area contributed by atoms with E-state index >= 15 is 0 Å². The molecular weight excluding hydrogens is 646 g/mol. The summed E-state index contributed by atoms with van der Waals surface area (Å²) in [6.45, 7) is 0. The first-order valence-corrected chi connectivity index (χ1v) is 11.6. The highest BCUT2D eigenvalue weighted by Gasteiger charge is 2.45. The number of terminal acetylenes is 1. The number of allylic oxidation sites excluding steroid dienone is 5. The number of nitrogens with zero attached hydrogens (tertiary/aromatic N) is 3. The Kier molecular flexibility index (Phi) is 8.01. The topological polar surface area (TPSA) is 123 Å². The Hall–Kier alpha value is -6.33. The molecule has 0 heterocycles. The molecule has 46 heavy (non-hydrogen) atoms. The molecule has 0 amide bonds. The lowest BCUT2D eigenvalue weighted by Gasteiger charge is -2.09. The van der Waals surface area contributed by atoms with Crippen LogP contribution in [0.2, 0.25) is 0 Å². The number of hydrogen-bond donors (Lipinski definition) is 2. The van der Waals surface area contributed by atoms with Gasteiger partial charge in [-0.1, -0.05) is 5.92 Å². The normalized spacial score (nSPS) is 15.4. The zero-order valence-corrected chi connectivity index (χ0v) is 21.6. The van der Waals surface area contributed by atoms with Crippen LogP contribution in [-0.4, -0.2) is 0 Å². The summed E-state index contributed by atoms with van der Waals surface area (Å²) in [5.74, 6) is -27.0. The molecule has 0 aliphatic heterocycles. The van der Waals surface area contributed by atoms with E-state index in [-0.39, 0.29) is 0 Å². The van der Waals surface area contributed by atoms with Crippen molar-refractivity contribution in [1.82, 2.24) is 0 Å². The minimum absolute atomic E-state index is 0.797. The van der Waals surface area contributed by atoms with Crippen LogP contribution < -0.4 is 11.5 Å². The lowest BCUT2D eigenvalue weighted by atomic mass is 9.99. The second-order valence-corrected chi connectivity index (χ2v) is 8.82. The van der Waals surface area contributed by atoms with Gasteiger partial charge in [-0.15, -0.1) is 6.42 Å². The van der Waals surface area contributed by atoms with Gasteiger partial charge in [0.1, 0.15) is 35.0 Å². The number of hydrogen-bond acceptors (Lipinski definition) is 5. The van der Waals surface area contributed by atoms with E-state index in [9.17, 15) is 63.2 Å². The van der Waals surface area contributed by atoms with Gasteiger partial charge in [-0.05, 0) is 0 Å². The molecule has 4 rings (SSSR count). The van der Waals surface area contributed by atoms with Crippen LogP contribution in [0.5, 0.6) is 0 Å². The maximum Gasteiger partial charge on any atom is 0.185 e. The maximum absolute atomic E-state index is 15.0. The lowest BCUT2D eigenvalue weighted by molar-refractivity contribution is 0.446. The van der Waals surface area contributed by atoms with E-state index in [4.69, 9.17) is 23.2 Å². The van der Waals surface area contributed by atoms with Crippen LogP contribution in [-0.2, 0) is 0 Å². The molecule has 230 valence electrons. The van der Waals surface area contributed by atoms with E-state index in [1.54, 1.807) is 0 Å². The van der Waals surface area contributed by atoms with E-state index in [0.29, 0.717) is 0 Å². The molecule has 0 aromatic heterocycles. The standard InChI is InChI=1S/C29H5F12N5/c1-2-6-16(30)24(38)15(25(39)17(6)31)28(45)14-10(7(3-42)12-20(34)18(32)9(5-44)19(33)21(12)35)11(14)8(4-43)13-22(36)26(40)29(46)27(41)23(13)37/h1H,45-46H2/b10-7?,11-8-,28-14-. The molecule has 1 aliphatic rings. The third kappa shape index (κ3) is 4.37. The van der Waals surface area contributed by atoms with Gasteiger partial charge >= 0.3 is 0 Å². The van der Waals surface area contributed by atoms with Crippen LogP contribution in [0.4, 0.5) is 58.4 Å². The number of nitrogen functional groups attached to an aromatic ring is 1. The van der Waals surface area contributed by atoms with Gasteiger partial charge in [0, 0.05) is 16.7 Å². The van der Waals surface area contributed by atoms with Crippen molar-refractivity contribution in [3.8, 4) is 30.6 Å². The first-order chi connectivity index (χ1) is 21.5. The Bertz CT molecular complexity index is 2150. The molecular formula is C29H5F12N5. The van der Waals surface area contributed by atoms with Gasteiger partial charge in [-0.3, -0.25) is 0 Å². The molecule has 17 heteroatoms. The van der Waals surface area contributed by atoms with Gasteiger partial charge in [0.05, 0.1) is 33.5 Å². The van der Waals surface area contributed by atoms with E-state index in [1.165, 1.54) is 5.92 Å². The minimum atomic E-state index is -2.46. The van der Waals surface area contributed by atoms with E-state index in [0.717, 1.165) is 18.2 Å². The van der Waals surface area contributed by atoms with Crippen molar-refractivity contribution in [2.24, 2.45) is 5.73 Å². The van der Waals surface area contributed by atoms with Crippen LogP contribution in [0.1, 0.15) is 27.8 Å². The van der Waals surface area contributed by atoms with Crippen molar-refractivity contribution in [2.75, 3.05) is 5.73 Å². The fourth-order valence-electron chi connectivity index (χ4n) is 4.37. The summed E-state index contributed by atoms with van der Waals surface area (Å²) in [4.78, 5) is 0. The number of halogens is 12. The Morgan fingerprint density at radius 1 is 0.478 bits per heavy atom. The smallest absolute Gasteiger partial charge is 0.185 e. The summed E-state index contributed by atoms with van der Waals surface area (Å²) in [6.07, 6.45) is 4.83. The zero-order valence-electron chi connectivity index (χ0n) is 21.6. The highest BCUT2D eigenvalue weighted by molar-refractivity contribution is 6.10. The van der Waals surface area contributed by atoms with Gasteiger partial charge in [-0.25, -0.2) is 52.7 Å². The molecule has 0 spiro atoms. The monoisotopic (exact) mass is 651 g/mol. The maximum atomic E-state index is 15.0. The number of benzene rings is 3. The molecule has 3 aromatic rings. The summed E-state index contributed by atoms with van der Waals surface area (Å²) in [5, 5.41) is 28.3.